The first kappa shape index (κ1) is 77.3. The zero-order valence-electron chi connectivity index (χ0n) is 72.9. The third-order valence-corrected chi connectivity index (χ3v) is 27.3. The molecule has 0 aliphatic carbocycles. The molecular weight excluding hydrogens is 1620 g/mol. The Morgan fingerprint density at radius 1 is 0.157 bits per heavy atom. The van der Waals surface area contributed by atoms with Gasteiger partial charge in [-0.05, 0) is 226 Å². The Morgan fingerprint density at radius 3 is 0.836 bits per heavy atom. The Morgan fingerprint density at radius 2 is 0.440 bits per heavy atom. The molecule has 0 radical (unpaired) electrons. The maximum atomic E-state index is 5.71. The van der Waals surface area contributed by atoms with Crippen LogP contribution in [0.25, 0.3) is 264 Å². The van der Waals surface area contributed by atoms with Crippen LogP contribution in [-0.4, -0.2) is 29.1 Å². The molecule has 0 aliphatic heterocycles. The van der Waals surface area contributed by atoms with Crippen LogP contribution in [0.5, 0.6) is 0 Å². The van der Waals surface area contributed by atoms with Gasteiger partial charge >= 0.3 is 0 Å². The number of fused-ring (bicyclic) bond motifs is 19. The van der Waals surface area contributed by atoms with E-state index in [-0.39, 0.29) is 0 Å². The average molecular weight is 1700 g/mol. The van der Waals surface area contributed by atoms with E-state index in [1.165, 1.54) is 130 Å². The Hall–Kier alpha value is -17.8. The highest BCUT2D eigenvalue weighted by Gasteiger charge is 2.28. The van der Waals surface area contributed by atoms with E-state index in [4.69, 9.17) is 19.9 Å². The van der Waals surface area contributed by atoms with Crippen molar-refractivity contribution in [1.29, 1.82) is 0 Å². The quantitative estimate of drug-likeness (QED) is 0.114. The van der Waals surface area contributed by atoms with Crippen molar-refractivity contribution in [1.82, 2.24) is 29.1 Å². The third-order valence-electron chi connectivity index (χ3n) is 27.3. The van der Waals surface area contributed by atoms with Crippen LogP contribution in [0.2, 0.25) is 0 Å². The minimum atomic E-state index is 0.881. The van der Waals surface area contributed by atoms with Gasteiger partial charge in [-0.2, -0.15) is 0 Å². The van der Waals surface area contributed by atoms with Crippen molar-refractivity contribution >= 4 is 141 Å². The van der Waals surface area contributed by atoms with Gasteiger partial charge in [-0.3, -0.25) is 9.13 Å². The zero-order chi connectivity index (χ0) is 88.3. The normalized spacial score (nSPS) is 11.7. The lowest BCUT2D eigenvalue weighted by Gasteiger charge is -2.19. The van der Waals surface area contributed by atoms with Crippen molar-refractivity contribution < 1.29 is 0 Å². The molecule has 23 aromatic carbocycles. The molecule has 0 amide bonds. The maximum Gasteiger partial charge on any atom is 0.145 e. The van der Waals surface area contributed by atoms with Crippen LogP contribution in [0.15, 0.2) is 485 Å². The first-order valence-electron chi connectivity index (χ1n) is 45.9. The minimum Gasteiger partial charge on any atom is -0.292 e. The van der Waals surface area contributed by atoms with Crippen LogP contribution in [0.1, 0.15) is 0 Å². The standard InChI is InChI=1S/C68H43N3.C60H37N3/c1-4-20-45(21-5-1)65-67(46-22-6-2-7-23-46)71(68(70-65)47-24-8-3-9-25-47)50-38-36-44(37-39-50)64-43-62(60-41-49-27-11-13-29-52(49)54-31-15-17-33-56(54)60)63-42-61(57-34-18-19-35-58(57)66(63)69-64)59-40-48-26-10-12-28-51(48)53-30-14-16-32-55(53)59;1-3-17-38(18-4-1)60-62-57-35-41(31-32-58(57)63(60)42-21-5-2-6-22-42)56-37-54(52-34-40-20-8-10-24-44(40)46-26-12-14-28-48(46)52)55-36-53(49-29-15-16-30-50(49)59(55)61-56)51-33-39-19-7-9-23-43(39)45-25-11-13-27-47(45)51/h1-43H;1-37H. The molecule has 6 heteroatoms. The highest BCUT2D eigenvalue weighted by atomic mass is 15.1. The molecule has 0 saturated heterocycles. The number of pyridine rings is 2. The summed E-state index contributed by atoms with van der Waals surface area (Å²) in [6.07, 6.45) is 0. The number of para-hydroxylation sites is 1. The number of aromatic nitrogens is 6. The van der Waals surface area contributed by atoms with Crippen LogP contribution in [0.3, 0.4) is 0 Å². The molecule has 27 aromatic rings. The lowest BCUT2D eigenvalue weighted by molar-refractivity contribution is 1.07. The van der Waals surface area contributed by atoms with Gasteiger partial charge in [0.25, 0.3) is 0 Å². The number of rotatable bonds is 12. The molecule has 0 fully saturated rings. The van der Waals surface area contributed by atoms with Crippen LogP contribution in [0.4, 0.5) is 0 Å². The smallest absolute Gasteiger partial charge is 0.145 e. The molecule has 134 heavy (non-hydrogen) atoms. The number of benzene rings is 23. The van der Waals surface area contributed by atoms with E-state index in [1.807, 2.05) is 0 Å². The van der Waals surface area contributed by atoms with Gasteiger partial charge in [0.15, 0.2) is 0 Å². The molecule has 0 bridgehead atoms. The highest BCUT2D eigenvalue weighted by Crippen LogP contribution is 2.51. The largest absolute Gasteiger partial charge is 0.292 e. The van der Waals surface area contributed by atoms with Gasteiger partial charge in [0.1, 0.15) is 11.6 Å². The summed E-state index contributed by atoms with van der Waals surface area (Å²) in [5.74, 6) is 1.79. The molecule has 4 heterocycles. The summed E-state index contributed by atoms with van der Waals surface area (Å²) in [5.41, 5.74) is 25.6. The number of hydrogen-bond donors (Lipinski definition) is 0. The second kappa shape index (κ2) is 32.1. The Bertz CT molecular complexity index is 9410. The molecule has 27 rings (SSSR count). The van der Waals surface area contributed by atoms with Crippen molar-refractivity contribution in [3.63, 3.8) is 0 Å². The lowest BCUT2D eigenvalue weighted by atomic mass is 9.86. The van der Waals surface area contributed by atoms with Gasteiger partial charge in [0.05, 0.1) is 44.8 Å². The zero-order valence-corrected chi connectivity index (χ0v) is 72.9. The van der Waals surface area contributed by atoms with E-state index in [9.17, 15) is 0 Å². The van der Waals surface area contributed by atoms with Gasteiger partial charge in [-0.25, -0.2) is 19.9 Å². The SMILES string of the molecule is c1ccc(-c2nc(-c3ccccc3)n(-c3ccc(-c4cc(-c5cc6ccccc6c6ccccc56)c5cc(-c6cc7ccccc7c7ccccc67)c6ccccc6c5n4)cc3)c2-c2ccccc2)cc1.c1ccc(-c2nc3cc(-c4cc(-c5cc6ccccc6c6ccccc56)c5cc(-c6cc7ccccc7c7ccccc67)c6ccccc6c5n4)ccc3n2-c2ccccc2)cc1. The fraction of sp³-hybridized carbons (Fsp3) is 0. The topological polar surface area (TPSA) is 61.4 Å². The molecule has 6 nitrogen and oxygen atoms in total. The molecule has 0 unspecified atom stereocenters. The van der Waals surface area contributed by atoms with Crippen molar-refractivity contribution in [2.75, 3.05) is 0 Å². The summed E-state index contributed by atoms with van der Waals surface area (Å²) < 4.78 is 4.59. The van der Waals surface area contributed by atoms with E-state index in [0.29, 0.717) is 0 Å². The second-order valence-electron chi connectivity index (χ2n) is 34.9. The molecule has 0 saturated carbocycles. The van der Waals surface area contributed by atoms with Crippen LogP contribution in [-0.2, 0) is 0 Å². The molecule has 4 aromatic heterocycles. The third kappa shape index (κ3) is 13.0. The molecule has 622 valence electrons. The van der Waals surface area contributed by atoms with Gasteiger partial charge in [0.2, 0.25) is 0 Å². The van der Waals surface area contributed by atoms with E-state index >= 15 is 0 Å². The highest BCUT2D eigenvalue weighted by molar-refractivity contribution is 6.26. The maximum absolute atomic E-state index is 5.71. The van der Waals surface area contributed by atoms with Crippen LogP contribution >= 0.6 is 0 Å². The van der Waals surface area contributed by atoms with Gasteiger partial charge in [-0.15, -0.1) is 0 Å². The fourth-order valence-electron chi connectivity index (χ4n) is 21.2. The molecule has 0 N–H and O–H groups in total. The van der Waals surface area contributed by atoms with Gasteiger partial charge in [-0.1, -0.05) is 400 Å². The van der Waals surface area contributed by atoms with Gasteiger partial charge in [0, 0.05) is 66.3 Å². The summed E-state index contributed by atoms with van der Waals surface area (Å²) in [6.45, 7) is 0. The van der Waals surface area contributed by atoms with Crippen LogP contribution in [0, 0.1) is 0 Å². The molecular formula is C128H80N6. The van der Waals surface area contributed by atoms with E-state index in [2.05, 4.69) is 494 Å². The number of nitrogens with zero attached hydrogens (tertiary/aromatic N) is 6. The molecule has 0 spiro atoms. The molecule has 0 aliphatic rings. The summed E-state index contributed by atoms with van der Waals surface area (Å²) in [5, 5.41) is 26.6. The van der Waals surface area contributed by atoms with E-state index in [0.717, 1.165) is 134 Å². The monoisotopic (exact) mass is 1700 g/mol. The lowest BCUT2D eigenvalue weighted by Crippen LogP contribution is -2.00. The number of hydrogen-bond acceptors (Lipinski definition) is 4. The predicted molar refractivity (Wildman–Crippen MR) is 565 cm³/mol. The molecule has 0 atom stereocenters. The summed E-state index contributed by atoms with van der Waals surface area (Å²) in [4.78, 5) is 22.2. The van der Waals surface area contributed by atoms with Crippen molar-refractivity contribution in [3.8, 4) is 124 Å². The number of imidazole rings is 2. The first-order chi connectivity index (χ1) is 66.5. The fourth-order valence-corrected chi connectivity index (χ4v) is 21.2. The summed E-state index contributed by atoms with van der Waals surface area (Å²) in [6, 6.07) is 175. The second-order valence-corrected chi connectivity index (χ2v) is 34.9. The first-order valence-corrected chi connectivity index (χ1v) is 45.9. The van der Waals surface area contributed by atoms with E-state index in [1.54, 1.807) is 0 Å². The van der Waals surface area contributed by atoms with Crippen molar-refractivity contribution in [2.45, 2.75) is 0 Å². The van der Waals surface area contributed by atoms with E-state index < -0.39 is 0 Å². The van der Waals surface area contributed by atoms with Crippen molar-refractivity contribution in [3.05, 3.63) is 485 Å². The van der Waals surface area contributed by atoms with Gasteiger partial charge < -0.3 is 0 Å². The summed E-state index contributed by atoms with van der Waals surface area (Å²) >= 11 is 0. The Balaban J connectivity index is 0.000000141. The minimum absolute atomic E-state index is 0.881. The predicted octanol–water partition coefficient (Wildman–Crippen LogP) is 34.2. The Kier molecular flexibility index (Phi) is 18.5. The average Bonchev–Trinajstić information content (AvgIpc) is 1.01. The Labute approximate surface area is 773 Å². The summed E-state index contributed by atoms with van der Waals surface area (Å²) in [7, 11) is 0. The van der Waals surface area contributed by atoms with Crippen molar-refractivity contribution in [2.24, 2.45) is 0 Å². The van der Waals surface area contributed by atoms with Crippen LogP contribution < -0.4 is 0 Å².